The van der Waals surface area contributed by atoms with E-state index in [0.29, 0.717) is 17.7 Å². The second kappa shape index (κ2) is 5.26. The van der Waals surface area contributed by atoms with Crippen molar-refractivity contribution >= 4 is 0 Å². The molecule has 2 unspecified atom stereocenters. The summed E-state index contributed by atoms with van der Waals surface area (Å²) in [6.45, 7) is 3.27. The van der Waals surface area contributed by atoms with Crippen molar-refractivity contribution in [2.24, 2.45) is 0 Å². The van der Waals surface area contributed by atoms with Crippen LogP contribution in [0.15, 0.2) is 18.2 Å². The van der Waals surface area contributed by atoms with Crippen LogP contribution in [0.2, 0.25) is 0 Å². The molecule has 1 aromatic carbocycles. The first-order valence-electron chi connectivity index (χ1n) is 5.74. The predicted molar refractivity (Wildman–Crippen MR) is 61.8 cm³/mol. The second-order valence-corrected chi connectivity index (χ2v) is 4.27. The summed E-state index contributed by atoms with van der Waals surface area (Å²) in [5.74, 6) is -0.309. The Morgan fingerprint density at radius 2 is 2.41 bits per heavy atom. The number of nitriles is 1. The van der Waals surface area contributed by atoms with Gasteiger partial charge in [-0.25, -0.2) is 4.39 Å². The lowest BCUT2D eigenvalue weighted by atomic mass is 10.1. The van der Waals surface area contributed by atoms with Crippen LogP contribution in [-0.4, -0.2) is 18.8 Å². The van der Waals surface area contributed by atoms with Gasteiger partial charge in [0.05, 0.1) is 17.7 Å². The van der Waals surface area contributed by atoms with Crippen molar-refractivity contribution in [2.45, 2.75) is 32.0 Å². The molecule has 17 heavy (non-hydrogen) atoms. The number of benzene rings is 1. The van der Waals surface area contributed by atoms with Crippen molar-refractivity contribution < 1.29 is 9.13 Å². The molecule has 0 spiro atoms. The van der Waals surface area contributed by atoms with E-state index in [4.69, 9.17) is 10.00 Å². The molecule has 2 rings (SSSR count). The third kappa shape index (κ3) is 2.82. The molecule has 0 amide bonds. The first-order valence-corrected chi connectivity index (χ1v) is 5.74. The van der Waals surface area contributed by atoms with Crippen LogP contribution >= 0.6 is 0 Å². The zero-order chi connectivity index (χ0) is 12.3. The Hall–Kier alpha value is -1.44. The third-order valence-electron chi connectivity index (χ3n) is 3.12. The molecule has 2 atom stereocenters. The minimum absolute atomic E-state index is 0.175. The van der Waals surface area contributed by atoms with Crippen LogP contribution in [0.25, 0.3) is 0 Å². The molecule has 1 saturated heterocycles. The van der Waals surface area contributed by atoms with E-state index in [1.165, 1.54) is 18.2 Å². The highest BCUT2D eigenvalue weighted by atomic mass is 19.1. The van der Waals surface area contributed by atoms with Gasteiger partial charge < -0.3 is 10.1 Å². The number of hydrogen-bond acceptors (Lipinski definition) is 3. The second-order valence-electron chi connectivity index (χ2n) is 4.27. The molecule has 1 aromatic rings. The molecule has 4 heteroatoms. The molecule has 1 fully saturated rings. The molecular formula is C13H15FN2O. The summed E-state index contributed by atoms with van der Waals surface area (Å²) >= 11 is 0. The van der Waals surface area contributed by atoms with Crippen molar-refractivity contribution in [3.63, 3.8) is 0 Å². The lowest BCUT2D eigenvalue weighted by Crippen LogP contribution is -2.34. The van der Waals surface area contributed by atoms with Crippen LogP contribution in [0.5, 0.6) is 0 Å². The molecule has 0 bridgehead atoms. The van der Waals surface area contributed by atoms with E-state index in [1.807, 2.05) is 6.92 Å². The van der Waals surface area contributed by atoms with Crippen LogP contribution in [0.1, 0.15) is 24.5 Å². The van der Waals surface area contributed by atoms with E-state index in [2.05, 4.69) is 11.4 Å². The summed E-state index contributed by atoms with van der Waals surface area (Å²) in [5, 5.41) is 12.2. The van der Waals surface area contributed by atoms with Gasteiger partial charge in [0.2, 0.25) is 0 Å². The SMILES string of the molecule is CC1OCCC1NCc1cc(F)ccc1C#N. The van der Waals surface area contributed by atoms with Gasteiger partial charge >= 0.3 is 0 Å². The molecule has 0 aliphatic carbocycles. The zero-order valence-electron chi connectivity index (χ0n) is 9.74. The predicted octanol–water partition coefficient (Wildman–Crippen LogP) is 1.96. The number of ether oxygens (including phenoxy) is 1. The van der Waals surface area contributed by atoms with E-state index < -0.39 is 0 Å². The first kappa shape index (κ1) is 12.0. The molecule has 3 nitrogen and oxygen atoms in total. The van der Waals surface area contributed by atoms with Crippen LogP contribution in [0, 0.1) is 17.1 Å². The Morgan fingerprint density at radius 3 is 3.06 bits per heavy atom. The summed E-state index contributed by atoms with van der Waals surface area (Å²) < 4.78 is 18.5. The smallest absolute Gasteiger partial charge is 0.123 e. The maximum Gasteiger partial charge on any atom is 0.123 e. The van der Waals surface area contributed by atoms with E-state index in [-0.39, 0.29) is 18.0 Å². The molecule has 1 aliphatic rings. The molecular weight excluding hydrogens is 219 g/mol. The number of hydrogen-bond donors (Lipinski definition) is 1. The van der Waals surface area contributed by atoms with Gasteiger partial charge in [-0.05, 0) is 37.1 Å². The van der Waals surface area contributed by atoms with E-state index in [9.17, 15) is 4.39 Å². The fourth-order valence-corrected chi connectivity index (χ4v) is 2.06. The Morgan fingerprint density at radius 1 is 1.59 bits per heavy atom. The van der Waals surface area contributed by atoms with Gasteiger partial charge in [0.25, 0.3) is 0 Å². The summed E-state index contributed by atoms with van der Waals surface area (Å²) in [6, 6.07) is 6.59. The van der Waals surface area contributed by atoms with Gasteiger partial charge in [-0.1, -0.05) is 0 Å². The summed E-state index contributed by atoms with van der Waals surface area (Å²) in [7, 11) is 0. The molecule has 0 saturated carbocycles. The largest absolute Gasteiger partial charge is 0.377 e. The Bertz CT molecular complexity index is 442. The van der Waals surface area contributed by atoms with Gasteiger partial charge in [-0.2, -0.15) is 5.26 Å². The lowest BCUT2D eigenvalue weighted by molar-refractivity contribution is 0.113. The minimum Gasteiger partial charge on any atom is -0.377 e. The van der Waals surface area contributed by atoms with E-state index in [1.54, 1.807) is 0 Å². The average molecular weight is 234 g/mol. The maximum absolute atomic E-state index is 13.1. The van der Waals surface area contributed by atoms with E-state index in [0.717, 1.165) is 13.0 Å². The fraction of sp³-hybridized carbons (Fsp3) is 0.462. The van der Waals surface area contributed by atoms with Crippen LogP contribution in [-0.2, 0) is 11.3 Å². The summed E-state index contributed by atoms with van der Waals surface area (Å²) in [4.78, 5) is 0. The van der Waals surface area contributed by atoms with Crippen molar-refractivity contribution in [3.8, 4) is 6.07 Å². The van der Waals surface area contributed by atoms with Gasteiger partial charge in [-0.15, -0.1) is 0 Å². The third-order valence-corrected chi connectivity index (χ3v) is 3.12. The normalized spacial score (nSPS) is 23.6. The summed E-state index contributed by atoms with van der Waals surface area (Å²) in [5.41, 5.74) is 1.22. The standard InChI is InChI=1S/C13H15FN2O/c1-9-13(4-5-17-9)16-8-11-6-12(14)3-2-10(11)7-15/h2-3,6,9,13,16H,4-5,8H2,1H3. The molecule has 90 valence electrons. The van der Waals surface area contributed by atoms with Gasteiger partial charge in [0, 0.05) is 19.2 Å². The summed E-state index contributed by atoms with van der Waals surface area (Å²) in [6.07, 6.45) is 1.13. The fourth-order valence-electron chi connectivity index (χ4n) is 2.06. The Balaban J connectivity index is 2.03. The zero-order valence-corrected chi connectivity index (χ0v) is 9.74. The average Bonchev–Trinajstić information content (AvgIpc) is 2.72. The maximum atomic E-state index is 13.1. The first-order chi connectivity index (χ1) is 8.20. The highest BCUT2D eigenvalue weighted by molar-refractivity contribution is 5.37. The highest BCUT2D eigenvalue weighted by Gasteiger charge is 2.23. The van der Waals surface area contributed by atoms with Crippen LogP contribution in [0.3, 0.4) is 0 Å². The number of nitrogens with zero attached hydrogens (tertiary/aromatic N) is 1. The topological polar surface area (TPSA) is 45.0 Å². The molecule has 1 N–H and O–H groups in total. The van der Waals surface area contributed by atoms with Crippen molar-refractivity contribution in [1.82, 2.24) is 5.32 Å². The van der Waals surface area contributed by atoms with E-state index >= 15 is 0 Å². The van der Waals surface area contributed by atoms with Gasteiger partial charge in [0.15, 0.2) is 0 Å². The number of rotatable bonds is 3. The number of halogens is 1. The quantitative estimate of drug-likeness (QED) is 0.869. The lowest BCUT2D eigenvalue weighted by Gasteiger charge is -2.16. The number of nitrogens with one attached hydrogen (secondary N) is 1. The van der Waals surface area contributed by atoms with Crippen LogP contribution < -0.4 is 5.32 Å². The Labute approximate surface area is 100 Å². The molecule has 1 heterocycles. The van der Waals surface area contributed by atoms with Crippen molar-refractivity contribution in [3.05, 3.63) is 35.1 Å². The van der Waals surface area contributed by atoms with Gasteiger partial charge in [0.1, 0.15) is 5.82 Å². The van der Waals surface area contributed by atoms with Crippen LogP contribution in [0.4, 0.5) is 4.39 Å². The highest BCUT2D eigenvalue weighted by Crippen LogP contribution is 2.15. The van der Waals surface area contributed by atoms with Crippen molar-refractivity contribution in [2.75, 3.05) is 6.61 Å². The monoisotopic (exact) mass is 234 g/mol. The van der Waals surface area contributed by atoms with Crippen molar-refractivity contribution in [1.29, 1.82) is 5.26 Å². The van der Waals surface area contributed by atoms with Gasteiger partial charge in [-0.3, -0.25) is 0 Å². The molecule has 0 aromatic heterocycles. The minimum atomic E-state index is -0.309. The molecule has 0 radical (unpaired) electrons. The molecule has 1 aliphatic heterocycles. The Kier molecular flexibility index (Phi) is 3.72.